The van der Waals surface area contributed by atoms with E-state index >= 15 is 0 Å². The van der Waals surface area contributed by atoms with Crippen molar-refractivity contribution in [1.82, 2.24) is 4.98 Å². The molecule has 6 nitrogen and oxygen atoms in total. The second kappa shape index (κ2) is 11.4. The molecule has 4 aromatic rings. The Balaban J connectivity index is 1.78. The molecule has 0 amide bonds. The number of nitrogens with zero attached hydrogens (tertiary/aromatic N) is 2. The fourth-order valence-electron chi connectivity index (χ4n) is 4.31. The first-order valence-electron chi connectivity index (χ1n) is 12.1. The molecule has 0 bridgehead atoms. The van der Waals surface area contributed by atoms with E-state index in [9.17, 15) is 10.1 Å². The Hall–Kier alpha value is -4.37. The topological polar surface area (TPSA) is 84.2 Å². The van der Waals surface area contributed by atoms with E-state index in [-0.39, 0.29) is 12.4 Å². The van der Waals surface area contributed by atoms with Gasteiger partial charge in [-0.05, 0) is 44.0 Å². The second-order valence-corrected chi connectivity index (χ2v) is 8.28. The summed E-state index contributed by atoms with van der Waals surface area (Å²) in [7, 11) is 0. The van der Waals surface area contributed by atoms with Crippen molar-refractivity contribution >= 4 is 22.6 Å². The summed E-state index contributed by atoms with van der Waals surface area (Å²) in [6.07, 6.45) is 0.206. The van der Waals surface area contributed by atoms with E-state index in [0.29, 0.717) is 36.7 Å². The number of carbonyl (C=O) groups is 1. The molecule has 1 N–H and O–H groups in total. The van der Waals surface area contributed by atoms with E-state index < -0.39 is 0 Å². The molecule has 0 fully saturated rings. The maximum atomic E-state index is 11.8. The fraction of sp³-hybridized carbons (Fsp3) is 0.233. The molecule has 182 valence electrons. The van der Waals surface area contributed by atoms with E-state index in [4.69, 9.17) is 14.5 Å². The van der Waals surface area contributed by atoms with Crippen molar-refractivity contribution in [2.45, 2.75) is 27.2 Å². The summed E-state index contributed by atoms with van der Waals surface area (Å²) in [4.78, 5) is 16.7. The highest BCUT2D eigenvalue weighted by Crippen LogP contribution is 2.37. The van der Waals surface area contributed by atoms with Crippen LogP contribution in [0.1, 0.15) is 31.4 Å². The molecule has 3 aromatic carbocycles. The molecule has 4 rings (SSSR count). The number of esters is 1. The van der Waals surface area contributed by atoms with Crippen LogP contribution in [0.3, 0.4) is 0 Å². The number of aromatic nitrogens is 1. The number of hydrogen-bond donors (Lipinski definition) is 1. The van der Waals surface area contributed by atoms with Crippen LogP contribution in [-0.4, -0.2) is 30.7 Å². The summed E-state index contributed by atoms with van der Waals surface area (Å²) in [5.74, 6) is 0.558. The highest BCUT2D eigenvalue weighted by atomic mass is 16.5. The summed E-state index contributed by atoms with van der Waals surface area (Å²) in [5, 5.41) is 14.3. The lowest BCUT2D eigenvalue weighted by Crippen LogP contribution is -2.13. The number of anilines is 1. The average Bonchev–Trinajstić information content (AvgIpc) is 2.89. The fourth-order valence-corrected chi connectivity index (χ4v) is 4.31. The molecule has 0 aliphatic carbocycles. The van der Waals surface area contributed by atoms with E-state index in [0.717, 1.165) is 38.9 Å². The molecule has 1 aromatic heterocycles. The number of hydrogen-bond acceptors (Lipinski definition) is 6. The van der Waals surface area contributed by atoms with Crippen LogP contribution in [-0.2, 0) is 9.53 Å². The normalized spacial score (nSPS) is 10.6. The van der Waals surface area contributed by atoms with Crippen LogP contribution >= 0.6 is 0 Å². The molecule has 0 aliphatic rings. The second-order valence-electron chi connectivity index (χ2n) is 8.28. The lowest BCUT2D eigenvalue weighted by atomic mass is 9.94. The minimum Gasteiger partial charge on any atom is -0.493 e. The Labute approximate surface area is 211 Å². The Morgan fingerprint density at radius 3 is 2.53 bits per heavy atom. The van der Waals surface area contributed by atoms with Crippen LogP contribution in [0.2, 0.25) is 0 Å². The first kappa shape index (κ1) is 24.7. The van der Waals surface area contributed by atoms with E-state index in [1.807, 2.05) is 74.5 Å². The molecule has 1 heterocycles. The maximum Gasteiger partial charge on any atom is 0.307 e. The van der Waals surface area contributed by atoms with E-state index in [1.165, 1.54) is 0 Å². The molecular formula is C30H29N3O3. The molecule has 0 radical (unpaired) electrons. The van der Waals surface area contributed by atoms with Crippen molar-refractivity contribution in [3.8, 4) is 34.2 Å². The van der Waals surface area contributed by atoms with Gasteiger partial charge in [0.25, 0.3) is 0 Å². The summed E-state index contributed by atoms with van der Waals surface area (Å²) >= 11 is 0. The largest absolute Gasteiger partial charge is 0.493 e. The lowest BCUT2D eigenvalue weighted by molar-refractivity contribution is -0.142. The van der Waals surface area contributed by atoms with Crippen LogP contribution in [0.4, 0.5) is 5.69 Å². The summed E-state index contributed by atoms with van der Waals surface area (Å²) in [6.45, 7) is 7.06. The molecular weight excluding hydrogens is 450 g/mol. The molecule has 6 heteroatoms. The molecule has 0 atom stereocenters. The van der Waals surface area contributed by atoms with Gasteiger partial charge in [0.05, 0.1) is 36.5 Å². The minimum atomic E-state index is -0.277. The zero-order valence-corrected chi connectivity index (χ0v) is 20.8. The summed E-state index contributed by atoms with van der Waals surface area (Å²) in [5.41, 5.74) is 6.43. The van der Waals surface area contributed by atoms with Gasteiger partial charge in [0.2, 0.25) is 0 Å². The number of carbonyl (C=O) groups excluding carboxylic acids is 1. The molecule has 0 saturated carbocycles. The Morgan fingerprint density at radius 1 is 1.00 bits per heavy atom. The SMILES string of the molecule is CCOC(=O)CCNc1c(C#N)c(-c2ccc(-c3ccccc3OCC)cc2C)nc2ccccc12. The van der Waals surface area contributed by atoms with Gasteiger partial charge in [0.15, 0.2) is 0 Å². The van der Waals surface area contributed by atoms with Crippen molar-refractivity contribution in [2.75, 3.05) is 25.1 Å². The van der Waals surface area contributed by atoms with Crippen LogP contribution in [0.15, 0.2) is 66.7 Å². The van der Waals surface area contributed by atoms with Crippen molar-refractivity contribution in [2.24, 2.45) is 0 Å². The molecule has 0 aliphatic heterocycles. The van der Waals surface area contributed by atoms with Gasteiger partial charge in [0.1, 0.15) is 17.4 Å². The third kappa shape index (κ3) is 5.16. The van der Waals surface area contributed by atoms with E-state index in [1.54, 1.807) is 6.92 Å². The number of pyridine rings is 1. The van der Waals surface area contributed by atoms with Crippen molar-refractivity contribution in [3.63, 3.8) is 0 Å². The molecule has 0 unspecified atom stereocenters. The smallest absolute Gasteiger partial charge is 0.307 e. The zero-order chi connectivity index (χ0) is 25.5. The van der Waals surface area contributed by atoms with Gasteiger partial charge >= 0.3 is 5.97 Å². The number of fused-ring (bicyclic) bond motifs is 1. The zero-order valence-electron chi connectivity index (χ0n) is 20.8. The van der Waals surface area contributed by atoms with Gasteiger partial charge in [0, 0.05) is 23.1 Å². The first-order chi connectivity index (χ1) is 17.6. The quantitative estimate of drug-likeness (QED) is 0.275. The third-order valence-corrected chi connectivity index (χ3v) is 5.92. The Morgan fingerprint density at radius 2 is 1.78 bits per heavy atom. The number of nitriles is 1. The number of aryl methyl sites for hydroxylation is 1. The first-order valence-corrected chi connectivity index (χ1v) is 12.1. The monoisotopic (exact) mass is 479 g/mol. The summed E-state index contributed by atoms with van der Waals surface area (Å²) in [6, 6.07) is 24.2. The molecule has 36 heavy (non-hydrogen) atoms. The van der Waals surface area contributed by atoms with Crippen molar-refractivity contribution < 1.29 is 14.3 Å². The number of para-hydroxylation sites is 2. The number of ether oxygens (including phenoxy) is 2. The number of benzene rings is 3. The van der Waals surface area contributed by atoms with Gasteiger partial charge in [-0.2, -0.15) is 5.26 Å². The van der Waals surface area contributed by atoms with Crippen LogP contribution in [0.5, 0.6) is 5.75 Å². The van der Waals surface area contributed by atoms with Crippen molar-refractivity contribution in [3.05, 3.63) is 77.9 Å². The van der Waals surface area contributed by atoms with Gasteiger partial charge < -0.3 is 14.8 Å². The minimum absolute atomic E-state index is 0.206. The van der Waals surface area contributed by atoms with Gasteiger partial charge in [-0.15, -0.1) is 0 Å². The Bertz CT molecular complexity index is 1440. The van der Waals surface area contributed by atoms with Gasteiger partial charge in [-0.3, -0.25) is 4.79 Å². The summed E-state index contributed by atoms with van der Waals surface area (Å²) < 4.78 is 10.9. The molecule has 0 spiro atoms. The average molecular weight is 480 g/mol. The lowest BCUT2D eigenvalue weighted by Gasteiger charge is -2.17. The van der Waals surface area contributed by atoms with Crippen LogP contribution < -0.4 is 10.1 Å². The van der Waals surface area contributed by atoms with E-state index in [2.05, 4.69) is 17.5 Å². The highest BCUT2D eigenvalue weighted by Gasteiger charge is 2.19. The predicted octanol–water partition coefficient (Wildman–Crippen LogP) is 6.51. The van der Waals surface area contributed by atoms with Gasteiger partial charge in [-0.1, -0.05) is 54.6 Å². The maximum absolute atomic E-state index is 11.8. The Kier molecular flexibility index (Phi) is 7.82. The number of nitrogens with one attached hydrogen (secondary N) is 1. The van der Waals surface area contributed by atoms with Gasteiger partial charge in [-0.25, -0.2) is 4.98 Å². The van der Waals surface area contributed by atoms with Crippen LogP contribution in [0.25, 0.3) is 33.3 Å². The molecule has 0 saturated heterocycles. The third-order valence-electron chi connectivity index (χ3n) is 5.92. The predicted molar refractivity (Wildman–Crippen MR) is 143 cm³/mol. The standard InChI is InChI=1S/C30H29N3O3/c1-4-35-27-13-9-7-10-23(27)21-14-15-22(20(3)18-21)30-25(19-31)29(32-17-16-28(34)36-5-2)24-11-6-8-12-26(24)33-30/h6-15,18H,4-5,16-17H2,1-3H3,(H,32,33). The van der Waals surface area contributed by atoms with Crippen molar-refractivity contribution in [1.29, 1.82) is 5.26 Å². The number of rotatable bonds is 9. The van der Waals surface area contributed by atoms with Crippen LogP contribution in [0, 0.1) is 18.3 Å². The highest BCUT2D eigenvalue weighted by molar-refractivity contribution is 5.98.